The van der Waals surface area contributed by atoms with E-state index in [9.17, 15) is 14.0 Å². The van der Waals surface area contributed by atoms with Crippen molar-refractivity contribution in [2.75, 3.05) is 0 Å². The van der Waals surface area contributed by atoms with Crippen molar-refractivity contribution in [1.29, 1.82) is 0 Å². The Labute approximate surface area is 167 Å². The Kier molecular flexibility index (Phi) is 7.05. The predicted octanol–water partition coefficient (Wildman–Crippen LogP) is 4.42. The van der Waals surface area contributed by atoms with Gasteiger partial charge >= 0.3 is 6.03 Å². The van der Waals surface area contributed by atoms with Crippen LogP contribution in [0.5, 0.6) is 0 Å². The number of nitrogens with one attached hydrogen (secondary N) is 2. The van der Waals surface area contributed by atoms with Crippen molar-refractivity contribution in [1.82, 2.24) is 10.6 Å². The number of hydrogen-bond acceptors (Lipinski definition) is 2. The topological polar surface area (TPSA) is 84.2 Å². The van der Waals surface area contributed by atoms with E-state index < -0.39 is 23.9 Å². The van der Waals surface area contributed by atoms with Crippen LogP contribution < -0.4 is 16.4 Å². The lowest BCUT2D eigenvalue weighted by Gasteiger charge is -2.22. The number of nitrogens with two attached hydrogens (primary N) is 1. The van der Waals surface area contributed by atoms with E-state index in [0.717, 1.165) is 11.1 Å². The number of rotatable bonds is 6. The molecular weight excluding hydrogens is 392 g/mol. The lowest BCUT2D eigenvalue weighted by Crippen LogP contribution is -2.37. The van der Waals surface area contributed by atoms with E-state index in [2.05, 4.69) is 10.6 Å². The molecule has 27 heavy (non-hydrogen) atoms. The molecule has 2 unspecified atom stereocenters. The first-order valence-electron chi connectivity index (χ1n) is 8.24. The van der Waals surface area contributed by atoms with Gasteiger partial charge in [-0.3, -0.25) is 4.79 Å². The van der Waals surface area contributed by atoms with Gasteiger partial charge in [0.05, 0.1) is 23.5 Å². The standard InChI is InChI=1S/C19H20Cl2FN3O2/c1-10-5-3-4-6-12(10)17(25-19(23)27)9-18(26)24-11(2)13-7-16(22)15(21)8-14(13)20/h3-8,11,17H,9H2,1-2H3,(H,24,26)(H3,23,25,27). The van der Waals surface area contributed by atoms with Crippen LogP contribution in [0.15, 0.2) is 36.4 Å². The number of amides is 3. The van der Waals surface area contributed by atoms with Crippen LogP contribution in [0.25, 0.3) is 0 Å². The van der Waals surface area contributed by atoms with Gasteiger partial charge in [0.1, 0.15) is 5.82 Å². The van der Waals surface area contributed by atoms with Crippen molar-refractivity contribution < 1.29 is 14.0 Å². The van der Waals surface area contributed by atoms with Crippen LogP contribution in [-0.2, 0) is 4.79 Å². The Morgan fingerprint density at radius 2 is 1.78 bits per heavy atom. The Hall–Kier alpha value is -2.31. The van der Waals surface area contributed by atoms with Gasteiger partial charge in [0.2, 0.25) is 5.91 Å². The highest BCUT2D eigenvalue weighted by Gasteiger charge is 2.21. The lowest BCUT2D eigenvalue weighted by atomic mass is 9.98. The van der Waals surface area contributed by atoms with Crippen LogP contribution in [0.1, 0.15) is 42.1 Å². The SMILES string of the molecule is Cc1ccccc1C(CC(=O)NC(C)c1cc(F)c(Cl)cc1Cl)NC(N)=O. The normalized spacial score (nSPS) is 12.9. The molecular formula is C19H20Cl2FN3O2. The van der Waals surface area contributed by atoms with Gasteiger partial charge in [-0.15, -0.1) is 0 Å². The van der Waals surface area contributed by atoms with Crippen LogP contribution >= 0.6 is 23.2 Å². The molecule has 3 amide bonds. The summed E-state index contributed by atoms with van der Waals surface area (Å²) < 4.78 is 13.7. The van der Waals surface area contributed by atoms with Gasteiger partial charge in [0.25, 0.3) is 0 Å². The molecule has 0 aliphatic heterocycles. The molecule has 0 aliphatic rings. The molecule has 0 radical (unpaired) electrons. The summed E-state index contributed by atoms with van der Waals surface area (Å²) in [4.78, 5) is 23.8. The van der Waals surface area contributed by atoms with Crippen LogP contribution in [0.2, 0.25) is 10.0 Å². The van der Waals surface area contributed by atoms with Crippen molar-refractivity contribution in [2.45, 2.75) is 32.4 Å². The van der Waals surface area contributed by atoms with Crippen molar-refractivity contribution in [2.24, 2.45) is 5.73 Å². The lowest BCUT2D eigenvalue weighted by molar-refractivity contribution is -0.122. The minimum atomic E-state index is -0.730. The third kappa shape index (κ3) is 5.58. The molecule has 0 aromatic heterocycles. The Balaban J connectivity index is 2.15. The Morgan fingerprint density at radius 3 is 2.41 bits per heavy atom. The minimum absolute atomic E-state index is 0.0359. The van der Waals surface area contributed by atoms with E-state index in [0.29, 0.717) is 5.56 Å². The van der Waals surface area contributed by atoms with Crippen LogP contribution in [-0.4, -0.2) is 11.9 Å². The van der Waals surface area contributed by atoms with E-state index in [1.54, 1.807) is 6.92 Å². The first kappa shape index (κ1) is 21.0. The first-order chi connectivity index (χ1) is 12.7. The monoisotopic (exact) mass is 411 g/mol. The minimum Gasteiger partial charge on any atom is -0.352 e. The number of carbonyl (C=O) groups is 2. The summed E-state index contributed by atoms with van der Waals surface area (Å²) in [6.45, 7) is 3.55. The number of urea groups is 1. The zero-order valence-electron chi connectivity index (χ0n) is 14.9. The Morgan fingerprint density at radius 1 is 1.11 bits per heavy atom. The molecule has 0 heterocycles. The van der Waals surface area contributed by atoms with Crippen molar-refractivity contribution >= 4 is 35.1 Å². The quantitative estimate of drug-likeness (QED) is 0.614. The van der Waals surface area contributed by atoms with E-state index in [1.807, 2.05) is 31.2 Å². The summed E-state index contributed by atoms with van der Waals surface area (Å²) in [5, 5.41) is 5.49. The summed E-state index contributed by atoms with van der Waals surface area (Å²) in [7, 11) is 0. The Bertz CT molecular complexity index is 861. The maximum atomic E-state index is 13.7. The van der Waals surface area contributed by atoms with Gasteiger partial charge in [0, 0.05) is 5.02 Å². The van der Waals surface area contributed by atoms with Gasteiger partial charge in [-0.25, -0.2) is 9.18 Å². The van der Waals surface area contributed by atoms with Crippen LogP contribution in [0, 0.1) is 12.7 Å². The summed E-state index contributed by atoms with van der Waals surface area (Å²) in [5.74, 6) is -0.971. The highest BCUT2D eigenvalue weighted by atomic mass is 35.5. The van der Waals surface area contributed by atoms with E-state index >= 15 is 0 Å². The predicted molar refractivity (Wildman–Crippen MR) is 104 cm³/mol. The third-order valence-corrected chi connectivity index (χ3v) is 4.77. The highest BCUT2D eigenvalue weighted by molar-refractivity contribution is 6.35. The summed E-state index contributed by atoms with van der Waals surface area (Å²) >= 11 is 11.8. The second-order valence-corrected chi connectivity index (χ2v) is 7.01. The average Bonchev–Trinajstić information content (AvgIpc) is 2.57. The van der Waals surface area contributed by atoms with Gasteiger partial charge in [-0.05, 0) is 42.7 Å². The maximum Gasteiger partial charge on any atom is 0.312 e. The van der Waals surface area contributed by atoms with Gasteiger partial charge < -0.3 is 16.4 Å². The van der Waals surface area contributed by atoms with E-state index in [1.165, 1.54) is 12.1 Å². The second kappa shape index (κ2) is 9.06. The van der Waals surface area contributed by atoms with Gasteiger partial charge in [-0.1, -0.05) is 47.5 Å². The molecule has 5 nitrogen and oxygen atoms in total. The largest absolute Gasteiger partial charge is 0.352 e. The van der Waals surface area contributed by atoms with Gasteiger partial charge in [0.15, 0.2) is 0 Å². The smallest absolute Gasteiger partial charge is 0.312 e. The van der Waals surface area contributed by atoms with E-state index in [4.69, 9.17) is 28.9 Å². The molecule has 0 saturated carbocycles. The molecule has 2 aromatic carbocycles. The van der Waals surface area contributed by atoms with Crippen LogP contribution in [0.3, 0.4) is 0 Å². The van der Waals surface area contributed by atoms with Crippen molar-refractivity contribution in [3.05, 3.63) is 69.0 Å². The maximum absolute atomic E-state index is 13.7. The second-order valence-electron chi connectivity index (χ2n) is 6.20. The summed E-state index contributed by atoms with van der Waals surface area (Å²) in [5.41, 5.74) is 7.35. The van der Waals surface area contributed by atoms with Gasteiger partial charge in [-0.2, -0.15) is 0 Å². The number of halogens is 3. The third-order valence-electron chi connectivity index (χ3n) is 4.15. The number of hydrogen-bond donors (Lipinski definition) is 3. The zero-order valence-corrected chi connectivity index (χ0v) is 16.4. The fraction of sp³-hybridized carbons (Fsp3) is 0.263. The highest BCUT2D eigenvalue weighted by Crippen LogP contribution is 2.29. The molecule has 2 atom stereocenters. The molecule has 2 rings (SSSR count). The molecule has 4 N–H and O–H groups in total. The molecule has 0 spiro atoms. The molecule has 144 valence electrons. The van der Waals surface area contributed by atoms with Crippen molar-refractivity contribution in [3.8, 4) is 0 Å². The summed E-state index contributed by atoms with van der Waals surface area (Å²) in [6, 6.07) is 7.98. The molecule has 0 saturated heterocycles. The fourth-order valence-corrected chi connectivity index (χ4v) is 3.37. The first-order valence-corrected chi connectivity index (χ1v) is 9.00. The molecule has 0 bridgehead atoms. The van der Waals surface area contributed by atoms with E-state index in [-0.39, 0.29) is 22.4 Å². The average molecular weight is 412 g/mol. The summed E-state index contributed by atoms with van der Waals surface area (Å²) in [6.07, 6.45) is -0.0359. The number of benzene rings is 2. The molecule has 8 heteroatoms. The molecule has 0 aliphatic carbocycles. The van der Waals surface area contributed by atoms with Crippen molar-refractivity contribution in [3.63, 3.8) is 0 Å². The zero-order chi connectivity index (χ0) is 20.1. The number of primary amides is 1. The fourth-order valence-electron chi connectivity index (χ4n) is 2.82. The molecule has 2 aromatic rings. The van der Waals surface area contributed by atoms with Crippen LogP contribution in [0.4, 0.5) is 9.18 Å². The molecule has 0 fully saturated rings. The number of aryl methyl sites for hydroxylation is 1. The number of carbonyl (C=O) groups excluding carboxylic acids is 2.